The number of anilines is 1. The maximum atomic E-state index is 11.8. The molecule has 1 aromatic rings. The molecule has 2 heterocycles. The van der Waals surface area contributed by atoms with Gasteiger partial charge in [-0.25, -0.2) is 0 Å². The Balaban J connectivity index is 1.98. The fourth-order valence-corrected chi connectivity index (χ4v) is 3.05. The first-order chi connectivity index (χ1) is 9.14. The van der Waals surface area contributed by atoms with Crippen molar-refractivity contribution in [1.82, 2.24) is 4.90 Å². The fraction of sp³-hybridized carbons (Fsp3) is 0.417. The third kappa shape index (κ3) is 2.65. The number of benzene rings is 1. The first-order valence-electron chi connectivity index (χ1n) is 6.29. The Morgan fingerprint density at radius 3 is 2.68 bits per heavy atom. The van der Waals surface area contributed by atoms with Crippen LogP contribution in [0.2, 0.25) is 0 Å². The van der Waals surface area contributed by atoms with E-state index in [0.29, 0.717) is 11.6 Å². The highest BCUT2D eigenvalue weighted by atomic mass is 32.2. The lowest BCUT2D eigenvalue weighted by atomic mass is 10.1. The van der Waals surface area contributed by atoms with E-state index in [0.717, 1.165) is 25.9 Å². The van der Waals surface area contributed by atoms with Gasteiger partial charge in [0.15, 0.2) is 5.75 Å². The SMILES string of the molecule is O=S1(=O)N=C(N2CCCCC2)Nc2ccccc2O1. The zero-order chi connectivity index (χ0) is 13.3. The molecular formula is C12H15N3O3S. The Morgan fingerprint density at radius 2 is 1.89 bits per heavy atom. The Kier molecular flexibility index (Phi) is 3.06. The van der Waals surface area contributed by atoms with Crippen molar-refractivity contribution in [2.75, 3.05) is 18.4 Å². The third-order valence-corrected chi connectivity index (χ3v) is 3.97. The summed E-state index contributed by atoms with van der Waals surface area (Å²) < 4.78 is 32.3. The first kappa shape index (κ1) is 12.3. The molecule has 7 heteroatoms. The third-order valence-electron chi connectivity index (χ3n) is 3.18. The molecule has 102 valence electrons. The number of guanidine groups is 1. The smallest absolute Gasteiger partial charge is 0.363 e. The van der Waals surface area contributed by atoms with Crippen molar-refractivity contribution in [2.45, 2.75) is 19.3 Å². The van der Waals surface area contributed by atoms with Gasteiger partial charge in [0.1, 0.15) is 0 Å². The van der Waals surface area contributed by atoms with Gasteiger partial charge in [0.05, 0.1) is 5.69 Å². The van der Waals surface area contributed by atoms with E-state index in [1.165, 1.54) is 6.42 Å². The Labute approximate surface area is 112 Å². The molecular weight excluding hydrogens is 266 g/mol. The van der Waals surface area contributed by atoms with E-state index in [-0.39, 0.29) is 5.75 Å². The van der Waals surface area contributed by atoms with E-state index in [2.05, 4.69) is 9.71 Å². The van der Waals surface area contributed by atoms with E-state index in [4.69, 9.17) is 4.18 Å². The molecule has 0 atom stereocenters. The summed E-state index contributed by atoms with van der Waals surface area (Å²) in [5, 5.41) is 3.06. The lowest BCUT2D eigenvalue weighted by molar-refractivity contribution is 0.342. The van der Waals surface area contributed by atoms with Crippen LogP contribution >= 0.6 is 0 Å². The number of nitrogens with zero attached hydrogens (tertiary/aromatic N) is 2. The van der Waals surface area contributed by atoms with E-state index < -0.39 is 10.3 Å². The molecule has 1 N–H and O–H groups in total. The summed E-state index contributed by atoms with van der Waals surface area (Å²) in [5.74, 6) is 0.628. The Bertz CT molecular complexity index is 606. The van der Waals surface area contributed by atoms with Crippen LogP contribution in [0.3, 0.4) is 0 Å². The summed E-state index contributed by atoms with van der Waals surface area (Å²) in [6.45, 7) is 1.62. The summed E-state index contributed by atoms with van der Waals surface area (Å²) in [7, 11) is -3.95. The van der Waals surface area contributed by atoms with Crippen molar-refractivity contribution in [3.05, 3.63) is 24.3 Å². The van der Waals surface area contributed by atoms with Gasteiger partial charge in [-0.15, -0.1) is 0 Å². The van der Waals surface area contributed by atoms with Crippen LogP contribution in [0.15, 0.2) is 28.7 Å². The lowest BCUT2D eigenvalue weighted by Crippen LogP contribution is -2.40. The standard InChI is InChI=1S/C12H15N3O3S/c16-19(17)14-12(15-8-4-1-5-9-15)13-10-6-2-3-7-11(10)18-19/h2-3,6-7H,1,4-5,8-9H2,(H,13,14). The predicted octanol–water partition coefficient (Wildman–Crippen LogP) is 1.58. The van der Waals surface area contributed by atoms with Gasteiger partial charge in [0, 0.05) is 13.1 Å². The average molecular weight is 281 g/mol. The lowest BCUT2D eigenvalue weighted by Gasteiger charge is -2.29. The highest BCUT2D eigenvalue weighted by Crippen LogP contribution is 2.28. The Morgan fingerprint density at radius 1 is 1.16 bits per heavy atom. The molecule has 0 bridgehead atoms. The summed E-state index contributed by atoms with van der Waals surface area (Å²) in [6.07, 6.45) is 3.26. The van der Waals surface area contributed by atoms with Crippen molar-refractivity contribution in [2.24, 2.45) is 4.40 Å². The zero-order valence-corrected chi connectivity index (χ0v) is 11.2. The second kappa shape index (κ2) is 4.73. The van der Waals surface area contributed by atoms with E-state index in [1.807, 2.05) is 11.0 Å². The van der Waals surface area contributed by atoms with Crippen molar-refractivity contribution in [3.8, 4) is 5.75 Å². The molecule has 0 radical (unpaired) electrons. The number of piperidine rings is 1. The molecule has 0 amide bonds. The molecule has 6 nitrogen and oxygen atoms in total. The number of hydrogen-bond donors (Lipinski definition) is 1. The monoisotopic (exact) mass is 281 g/mol. The molecule has 0 spiro atoms. The molecule has 1 fully saturated rings. The van der Waals surface area contributed by atoms with Gasteiger partial charge in [-0.2, -0.15) is 8.42 Å². The number of nitrogens with one attached hydrogen (secondary N) is 1. The summed E-state index contributed by atoms with van der Waals surface area (Å²) in [4.78, 5) is 1.95. The van der Waals surface area contributed by atoms with Crippen LogP contribution in [0, 0.1) is 0 Å². The predicted molar refractivity (Wildman–Crippen MR) is 72.5 cm³/mol. The highest BCUT2D eigenvalue weighted by molar-refractivity contribution is 7.85. The summed E-state index contributed by atoms with van der Waals surface area (Å²) in [5.41, 5.74) is 0.618. The topological polar surface area (TPSA) is 71.0 Å². The minimum atomic E-state index is -3.95. The molecule has 2 aliphatic heterocycles. The summed E-state index contributed by atoms with van der Waals surface area (Å²) in [6, 6.07) is 6.92. The molecule has 2 aliphatic rings. The van der Waals surface area contributed by atoms with Crippen molar-refractivity contribution >= 4 is 22.0 Å². The van der Waals surface area contributed by atoms with Crippen molar-refractivity contribution < 1.29 is 12.6 Å². The second-order valence-electron chi connectivity index (χ2n) is 4.59. The largest absolute Gasteiger partial charge is 0.431 e. The van der Waals surface area contributed by atoms with Crippen LogP contribution < -0.4 is 9.50 Å². The van der Waals surface area contributed by atoms with Crippen LogP contribution in [0.5, 0.6) is 5.75 Å². The van der Waals surface area contributed by atoms with Gasteiger partial charge >= 0.3 is 10.3 Å². The van der Waals surface area contributed by atoms with Gasteiger partial charge < -0.3 is 14.4 Å². The number of fused-ring (bicyclic) bond motifs is 1. The molecule has 1 aromatic carbocycles. The van der Waals surface area contributed by atoms with Crippen LogP contribution in [-0.2, 0) is 10.3 Å². The first-order valence-corrected chi connectivity index (χ1v) is 7.66. The molecule has 0 unspecified atom stereocenters. The minimum Gasteiger partial charge on any atom is -0.363 e. The van der Waals surface area contributed by atoms with Gasteiger partial charge in [-0.3, -0.25) is 0 Å². The maximum absolute atomic E-state index is 11.8. The normalized spacial score (nSPS) is 21.5. The number of para-hydroxylation sites is 2. The molecule has 0 saturated carbocycles. The Hall–Kier alpha value is -1.76. The van der Waals surface area contributed by atoms with Gasteiger partial charge in [-0.1, -0.05) is 16.5 Å². The molecule has 0 aliphatic carbocycles. The molecule has 19 heavy (non-hydrogen) atoms. The number of hydrogen-bond acceptors (Lipinski definition) is 5. The van der Waals surface area contributed by atoms with Gasteiger partial charge in [0.2, 0.25) is 5.96 Å². The quantitative estimate of drug-likeness (QED) is 0.781. The van der Waals surface area contributed by atoms with Gasteiger partial charge in [0.25, 0.3) is 0 Å². The second-order valence-corrected chi connectivity index (χ2v) is 5.80. The van der Waals surface area contributed by atoms with Crippen LogP contribution in [0.4, 0.5) is 5.69 Å². The van der Waals surface area contributed by atoms with Gasteiger partial charge in [-0.05, 0) is 31.4 Å². The van der Waals surface area contributed by atoms with Crippen LogP contribution in [0.1, 0.15) is 19.3 Å². The fourth-order valence-electron chi connectivity index (χ4n) is 2.27. The molecule has 0 aromatic heterocycles. The zero-order valence-electron chi connectivity index (χ0n) is 10.4. The van der Waals surface area contributed by atoms with E-state index in [9.17, 15) is 8.42 Å². The van der Waals surface area contributed by atoms with Crippen molar-refractivity contribution in [3.63, 3.8) is 0 Å². The average Bonchev–Trinajstić information content (AvgIpc) is 2.54. The van der Waals surface area contributed by atoms with E-state index in [1.54, 1.807) is 18.2 Å². The highest BCUT2D eigenvalue weighted by Gasteiger charge is 2.25. The van der Waals surface area contributed by atoms with Crippen LogP contribution in [0.25, 0.3) is 0 Å². The van der Waals surface area contributed by atoms with Crippen LogP contribution in [-0.4, -0.2) is 32.4 Å². The van der Waals surface area contributed by atoms with Crippen molar-refractivity contribution in [1.29, 1.82) is 0 Å². The van der Waals surface area contributed by atoms with E-state index >= 15 is 0 Å². The number of likely N-dealkylation sites (tertiary alicyclic amines) is 1. The minimum absolute atomic E-state index is 0.276. The molecule has 1 saturated heterocycles. The molecule has 3 rings (SSSR count). The maximum Gasteiger partial charge on any atom is 0.431 e. The summed E-state index contributed by atoms with van der Waals surface area (Å²) >= 11 is 0. The number of rotatable bonds is 0.